The zero-order valence-electron chi connectivity index (χ0n) is 6.14. The van der Waals surface area contributed by atoms with Gasteiger partial charge in [-0.2, -0.15) is 0 Å². The Morgan fingerprint density at radius 3 is 2.17 bits per heavy atom. The molecule has 0 saturated carbocycles. The Bertz CT molecular complexity index is 303. The molecule has 0 aliphatic rings. The summed E-state index contributed by atoms with van der Waals surface area (Å²) in [5.74, 6) is 0. The highest BCUT2D eigenvalue weighted by atomic mass is 35.5. The summed E-state index contributed by atoms with van der Waals surface area (Å²) in [6.45, 7) is 0. The van der Waals surface area contributed by atoms with E-state index in [0.717, 1.165) is 0 Å². The van der Waals surface area contributed by atoms with E-state index in [2.05, 4.69) is 0 Å². The smallest absolute Gasteiger partial charge is 0.324 e. The van der Waals surface area contributed by atoms with Gasteiger partial charge in [-0.1, -0.05) is 23.7 Å². The third kappa shape index (κ3) is 3.37. The third-order valence-corrected chi connectivity index (χ3v) is 2.33. The van der Waals surface area contributed by atoms with Crippen LogP contribution in [0, 0.1) is 0 Å². The van der Waals surface area contributed by atoms with Gasteiger partial charge in [0.2, 0.25) is 0 Å². The Kier molecular flexibility index (Phi) is 2.91. The molecule has 0 bridgehead atoms. The highest BCUT2D eigenvalue weighted by Gasteiger charge is 2.13. The first kappa shape index (κ1) is 9.75. The topological polar surface area (TPSA) is 57.5 Å². The summed E-state index contributed by atoms with van der Waals surface area (Å²) in [6, 6.07) is 6.40. The van der Waals surface area contributed by atoms with Crippen LogP contribution in [0.3, 0.4) is 0 Å². The molecule has 1 aromatic carbocycles. The van der Waals surface area contributed by atoms with Crippen LogP contribution in [0.4, 0.5) is 0 Å². The van der Waals surface area contributed by atoms with Gasteiger partial charge in [-0.25, -0.2) is 0 Å². The van der Waals surface area contributed by atoms with Crippen molar-refractivity contribution in [3.8, 4) is 0 Å². The molecule has 0 aliphatic heterocycles. The zero-order valence-corrected chi connectivity index (χ0v) is 7.79. The molecule has 0 aliphatic carbocycles. The Morgan fingerprint density at radius 2 is 1.75 bits per heavy atom. The van der Waals surface area contributed by atoms with Crippen molar-refractivity contribution in [2.24, 2.45) is 0 Å². The van der Waals surface area contributed by atoms with Crippen LogP contribution in [-0.2, 0) is 10.7 Å². The molecule has 66 valence electrons. The molecule has 0 radical (unpaired) electrons. The molecule has 0 spiro atoms. The van der Waals surface area contributed by atoms with Crippen molar-refractivity contribution in [1.82, 2.24) is 0 Å². The van der Waals surface area contributed by atoms with Gasteiger partial charge in [-0.15, -0.1) is 0 Å². The summed E-state index contributed by atoms with van der Waals surface area (Å²) < 4.78 is 10.5. The molecule has 3 nitrogen and oxygen atoms in total. The van der Waals surface area contributed by atoms with Crippen LogP contribution in [0.15, 0.2) is 24.3 Å². The van der Waals surface area contributed by atoms with Gasteiger partial charge < -0.3 is 9.79 Å². The zero-order chi connectivity index (χ0) is 9.19. The maximum atomic E-state index is 10.5. The summed E-state index contributed by atoms with van der Waals surface area (Å²) in [6.07, 6.45) is -0.232. The minimum Gasteiger partial charge on any atom is -0.324 e. The van der Waals surface area contributed by atoms with Crippen LogP contribution >= 0.6 is 19.2 Å². The van der Waals surface area contributed by atoms with Crippen molar-refractivity contribution >= 4 is 19.2 Å². The van der Waals surface area contributed by atoms with Gasteiger partial charge in [0.05, 0.1) is 6.16 Å². The van der Waals surface area contributed by atoms with Crippen molar-refractivity contribution < 1.29 is 14.4 Å². The second-order valence-electron chi connectivity index (χ2n) is 2.45. The average Bonchev–Trinajstić information content (AvgIpc) is 1.91. The molecular formula is C7H8ClO3P. The van der Waals surface area contributed by atoms with Gasteiger partial charge >= 0.3 is 7.60 Å². The molecule has 0 unspecified atom stereocenters. The fourth-order valence-electron chi connectivity index (χ4n) is 0.828. The number of halogens is 1. The number of benzene rings is 1. The molecule has 0 heterocycles. The number of rotatable bonds is 2. The second kappa shape index (κ2) is 3.58. The van der Waals surface area contributed by atoms with Gasteiger partial charge in [0.15, 0.2) is 0 Å². The predicted molar refractivity (Wildman–Crippen MR) is 47.2 cm³/mol. The van der Waals surface area contributed by atoms with Crippen LogP contribution in [0.5, 0.6) is 0 Å². The van der Waals surface area contributed by atoms with E-state index >= 15 is 0 Å². The Balaban J connectivity index is 2.78. The van der Waals surface area contributed by atoms with E-state index in [1.165, 1.54) is 0 Å². The molecule has 0 saturated heterocycles. The summed E-state index contributed by atoms with van der Waals surface area (Å²) in [5, 5.41) is 0.560. The minimum atomic E-state index is -3.95. The minimum absolute atomic E-state index is 0.232. The fourth-order valence-corrected chi connectivity index (χ4v) is 1.64. The predicted octanol–water partition coefficient (Wildman–Crippen LogP) is 2.02. The van der Waals surface area contributed by atoms with E-state index < -0.39 is 7.60 Å². The standard InChI is InChI=1S/C7H8ClO3P/c8-7-3-1-6(2-4-7)5-12(9,10)11/h1-4H,5H2,(H2,9,10,11). The first-order valence-electron chi connectivity index (χ1n) is 3.26. The lowest BCUT2D eigenvalue weighted by atomic mass is 10.2. The number of hydrogen-bond donors (Lipinski definition) is 2. The summed E-state index contributed by atoms with van der Waals surface area (Å²) in [7, 11) is -3.95. The Labute approximate surface area is 75.2 Å². The van der Waals surface area contributed by atoms with Gasteiger partial charge in [-0.05, 0) is 17.7 Å². The average molecular weight is 207 g/mol. The van der Waals surface area contributed by atoms with Crippen molar-refractivity contribution in [1.29, 1.82) is 0 Å². The molecule has 5 heteroatoms. The van der Waals surface area contributed by atoms with E-state index in [4.69, 9.17) is 21.4 Å². The van der Waals surface area contributed by atoms with Gasteiger partial charge in [0.1, 0.15) is 0 Å². The largest absolute Gasteiger partial charge is 0.329 e. The normalized spacial score (nSPS) is 11.6. The van der Waals surface area contributed by atoms with Crippen molar-refractivity contribution in [3.63, 3.8) is 0 Å². The first-order chi connectivity index (χ1) is 5.47. The Hall–Kier alpha value is -0.340. The monoisotopic (exact) mass is 206 g/mol. The van der Waals surface area contributed by atoms with Crippen LogP contribution in [-0.4, -0.2) is 9.79 Å². The van der Waals surface area contributed by atoms with Crippen LogP contribution in [0.1, 0.15) is 5.56 Å². The molecule has 0 atom stereocenters. The Morgan fingerprint density at radius 1 is 1.25 bits per heavy atom. The lowest BCUT2D eigenvalue weighted by Gasteiger charge is -2.02. The highest BCUT2D eigenvalue weighted by molar-refractivity contribution is 7.50. The van der Waals surface area contributed by atoms with Crippen molar-refractivity contribution in [3.05, 3.63) is 34.9 Å². The van der Waals surface area contributed by atoms with E-state index in [1.54, 1.807) is 24.3 Å². The lowest BCUT2D eigenvalue weighted by Crippen LogP contribution is -1.85. The molecule has 0 fully saturated rings. The fraction of sp³-hybridized carbons (Fsp3) is 0.143. The third-order valence-electron chi connectivity index (χ3n) is 1.30. The van der Waals surface area contributed by atoms with Gasteiger partial charge in [0, 0.05) is 5.02 Å². The van der Waals surface area contributed by atoms with Crippen LogP contribution in [0.2, 0.25) is 5.02 Å². The summed E-state index contributed by atoms with van der Waals surface area (Å²) in [5.41, 5.74) is 0.590. The van der Waals surface area contributed by atoms with E-state index in [1.807, 2.05) is 0 Å². The summed E-state index contributed by atoms with van der Waals surface area (Å²) >= 11 is 5.59. The second-order valence-corrected chi connectivity index (χ2v) is 4.53. The quantitative estimate of drug-likeness (QED) is 0.728. The van der Waals surface area contributed by atoms with Crippen LogP contribution in [0.25, 0.3) is 0 Å². The SMILES string of the molecule is O=P(O)(O)Cc1ccc(Cl)cc1. The van der Waals surface area contributed by atoms with Crippen molar-refractivity contribution in [2.45, 2.75) is 6.16 Å². The van der Waals surface area contributed by atoms with E-state index in [-0.39, 0.29) is 6.16 Å². The van der Waals surface area contributed by atoms with Gasteiger partial charge in [0.25, 0.3) is 0 Å². The first-order valence-corrected chi connectivity index (χ1v) is 5.44. The maximum Gasteiger partial charge on any atom is 0.329 e. The molecule has 0 amide bonds. The lowest BCUT2D eigenvalue weighted by molar-refractivity contribution is 0.372. The maximum absolute atomic E-state index is 10.5. The molecule has 2 N–H and O–H groups in total. The molecule has 12 heavy (non-hydrogen) atoms. The van der Waals surface area contributed by atoms with Crippen molar-refractivity contribution in [2.75, 3.05) is 0 Å². The highest BCUT2D eigenvalue weighted by Crippen LogP contribution is 2.38. The van der Waals surface area contributed by atoms with Crippen LogP contribution < -0.4 is 0 Å². The van der Waals surface area contributed by atoms with E-state index in [9.17, 15) is 4.57 Å². The summed E-state index contributed by atoms with van der Waals surface area (Å²) in [4.78, 5) is 17.2. The van der Waals surface area contributed by atoms with Gasteiger partial charge in [-0.3, -0.25) is 4.57 Å². The molecule has 1 aromatic rings. The van der Waals surface area contributed by atoms with E-state index in [0.29, 0.717) is 10.6 Å². The molecule has 1 rings (SSSR count). The number of hydrogen-bond acceptors (Lipinski definition) is 1. The molecular weight excluding hydrogens is 199 g/mol. The molecule has 0 aromatic heterocycles.